The number of esters is 1. The molecule has 0 aromatic carbocycles. The lowest BCUT2D eigenvalue weighted by molar-refractivity contribution is -0.148. The van der Waals surface area contributed by atoms with Crippen molar-refractivity contribution in [3.8, 4) is 0 Å². The number of carbonyl (C=O) groups excluding carboxylic acids is 2. The summed E-state index contributed by atoms with van der Waals surface area (Å²) in [6, 6.07) is 0. The highest BCUT2D eigenvalue weighted by atomic mass is 19.1. The van der Waals surface area contributed by atoms with Gasteiger partial charge in [-0.1, -0.05) is 6.08 Å². The molecule has 1 amide bonds. The number of amides is 1. The first-order chi connectivity index (χ1) is 10.9. The number of aliphatic imine (C=N–C) groups is 1. The number of ether oxygens (including phenoxy) is 2. The highest BCUT2D eigenvalue weighted by molar-refractivity contribution is 5.85. The van der Waals surface area contributed by atoms with Gasteiger partial charge < -0.3 is 20.5 Å². The smallest absolute Gasteiger partial charge is 0.408 e. The molecule has 0 aromatic heterocycles. The van der Waals surface area contributed by atoms with Gasteiger partial charge in [-0.05, 0) is 47.5 Å². The van der Waals surface area contributed by atoms with Crippen LogP contribution in [0, 0.1) is 0 Å². The summed E-state index contributed by atoms with van der Waals surface area (Å²) in [5, 5.41) is 2.49. The van der Waals surface area contributed by atoms with Gasteiger partial charge in [-0.3, -0.25) is 4.99 Å². The van der Waals surface area contributed by atoms with Crippen LogP contribution in [0.15, 0.2) is 16.9 Å². The lowest BCUT2D eigenvalue weighted by atomic mass is 9.96. The topological polar surface area (TPSA) is 103 Å². The summed E-state index contributed by atoms with van der Waals surface area (Å²) in [7, 11) is 1.21. The molecule has 0 aromatic rings. The lowest BCUT2D eigenvalue weighted by Gasteiger charge is -2.29. The Labute approximate surface area is 142 Å². The molecule has 0 aliphatic heterocycles. The van der Waals surface area contributed by atoms with Crippen molar-refractivity contribution in [2.24, 2.45) is 10.7 Å². The molecule has 0 aliphatic carbocycles. The van der Waals surface area contributed by atoms with Crippen molar-refractivity contribution >= 4 is 17.9 Å². The van der Waals surface area contributed by atoms with Gasteiger partial charge in [0.15, 0.2) is 0 Å². The van der Waals surface area contributed by atoms with Crippen LogP contribution < -0.4 is 11.1 Å². The number of alkyl carbamates (subject to hydrolysis) is 1. The van der Waals surface area contributed by atoms with Crippen molar-refractivity contribution in [1.29, 1.82) is 0 Å². The van der Waals surface area contributed by atoms with Crippen molar-refractivity contribution in [1.82, 2.24) is 5.32 Å². The molecule has 3 N–H and O–H groups in total. The summed E-state index contributed by atoms with van der Waals surface area (Å²) in [6.45, 7) is 8.03. The Morgan fingerprint density at radius 1 is 1.29 bits per heavy atom. The first-order valence-corrected chi connectivity index (χ1v) is 7.60. The Morgan fingerprint density at radius 2 is 1.88 bits per heavy atom. The monoisotopic (exact) mass is 345 g/mol. The number of halogens is 1. The summed E-state index contributed by atoms with van der Waals surface area (Å²) in [4.78, 5) is 27.6. The van der Waals surface area contributed by atoms with Crippen LogP contribution in [0.25, 0.3) is 0 Å². The zero-order chi connectivity index (χ0) is 19.0. The van der Waals surface area contributed by atoms with E-state index in [2.05, 4.69) is 10.3 Å². The van der Waals surface area contributed by atoms with Crippen molar-refractivity contribution in [3.05, 3.63) is 11.9 Å². The molecule has 0 saturated heterocycles. The SMILES string of the molecule is COC(=O)C(C)(CC/C=C(\F)CN=C(C)N)NC(=O)OC(C)(C)C. The average molecular weight is 345 g/mol. The summed E-state index contributed by atoms with van der Waals surface area (Å²) in [5.41, 5.74) is 3.30. The number of hydrogen-bond acceptors (Lipinski definition) is 5. The van der Waals surface area contributed by atoms with Gasteiger partial charge in [0.1, 0.15) is 17.0 Å². The largest absolute Gasteiger partial charge is 0.467 e. The Balaban J connectivity index is 4.88. The van der Waals surface area contributed by atoms with Gasteiger partial charge in [0.2, 0.25) is 0 Å². The van der Waals surface area contributed by atoms with E-state index in [1.807, 2.05) is 0 Å². The standard InChI is InChI=1S/C16H28FN3O4/c1-11(18)19-10-12(17)8-7-9-16(5,13(21)23-6)20-14(22)24-15(2,3)4/h8H,7,9-10H2,1-6H3,(H2,18,19)(H,20,22)/b12-8-. The zero-order valence-corrected chi connectivity index (χ0v) is 15.2. The van der Waals surface area contributed by atoms with Gasteiger partial charge in [0, 0.05) is 0 Å². The van der Waals surface area contributed by atoms with Crippen LogP contribution >= 0.6 is 0 Å². The number of nitrogens with zero attached hydrogens (tertiary/aromatic N) is 1. The zero-order valence-electron chi connectivity index (χ0n) is 15.2. The van der Waals surface area contributed by atoms with E-state index in [1.165, 1.54) is 20.1 Å². The first kappa shape index (κ1) is 21.9. The highest BCUT2D eigenvalue weighted by Crippen LogP contribution is 2.18. The van der Waals surface area contributed by atoms with E-state index < -0.39 is 29.0 Å². The number of methoxy groups -OCH3 is 1. The normalized spacial score (nSPS) is 15.5. The Hall–Kier alpha value is -2.12. The Kier molecular flexibility index (Phi) is 8.43. The maximum Gasteiger partial charge on any atom is 0.408 e. The van der Waals surface area contributed by atoms with E-state index in [-0.39, 0.29) is 25.2 Å². The molecule has 0 aliphatic rings. The van der Waals surface area contributed by atoms with Gasteiger partial charge in [-0.25, -0.2) is 14.0 Å². The number of carbonyl (C=O) groups is 2. The maximum atomic E-state index is 13.6. The fraction of sp³-hybridized carbons (Fsp3) is 0.688. The summed E-state index contributed by atoms with van der Waals surface area (Å²) >= 11 is 0. The third-order valence-electron chi connectivity index (χ3n) is 2.90. The molecule has 1 unspecified atom stereocenters. The van der Waals surface area contributed by atoms with Crippen LogP contribution in [-0.2, 0) is 14.3 Å². The average Bonchev–Trinajstić information content (AvgIpc) is 2.41. The fourth-order valence-corrected chi connectivity index (χ4v) is 1.75. The van der Waals surface area contributed by atoms with E-state index in [9.17, 15) is 14.0 Å². The highest BCUT2D eigenvalue weighted by Gasteiger charge is 2.36. The Morgan fingerprint density at radius 3 is 2.33 bits per heavy atom. The summed E-state index contributed by atoms with van der Waals surface area (Å²) in [6.07, 6.45) is 0.886. The number of nitrogens with two attached hydrogens (primary N) is 1. The van der Waals surface area contributed by atoms with Crippen LogP contribution in [0.3, 0.4) is 0 Å². The third-order valence-corrected chi connectivity index (χ3v) is 2.90. The quantitative estimate of drug-likeness (QED) is 0.419. The molecule has 0 bridgehead atoms. The van der Waals surface area contributed by atoms with E-state index in [1.54, 1.807) is 27.7 Å². The van der Waals surface area contributed by atoms with Crippen LogP contribution in [0.4, 0.5) is 9.18 Å². The number of hydrogen-bond donors (Lipinski definition) is 2. The Bertz CT molecular complexity index is 508. The second-order valence-electron chi connectivity index (χ2n) is 6.60. The molecule has 0 spiro atoms. The second-order valence-corrected chi connectivity index (χ2v) is 6.60. The van der Waals surface area contributed by atoms with Crippen LogP contribution in [0.5, 0.6) is 0 Å². The van der Waals surface area contributed by atoms with Crippen molar-refractivity contribution in [2.45, 2.75) is 58.6 Å². The molecule has 7 nitrogen and oxygen atoms in total. The van der Waals surface area contributed by atoms with E-state index in [4.69, 9.17) is 15.2 Å². The molecule has 1 atom stereocenters. The number of rotatable bonds is 7. The van der Waals surface area contributed by atoms with E-state index in [0.29, 0.717) is 0 Å². The number of allylic oxidation sites excluding steroid dienone is 1. The molecule has 0 heterocycles. The number of amidine groups is 1. The summed E-state index contributed by atoms with van der Waals surface area (Å²) in [5.74, 6) is -0.827. The predicted molar refractivity (Wildman–Crippen MR) is 90.4 cm³/mol. The van der Waals surface area contributed by atoms with Crippen molar-refractivity contribution < 1.29 is 23.5 Å². The van der Waals surface area contributed by atoms with E-state index in [0.717, 1.165) is 0 Å². The van der Waals surface area contributed by atoms with E-state index >= 15 is 0 Å². The summed E-state index contributed by atoms with van der Waals surface area (Å²) < 4.78 is 23.4. The molecule has 138 valence electrons. The fourth-order valence-electron chi connectivity index (χ4n) is 1.75. The van der Waals surface area contributed by atoms with Crippen molar-refractivity contribution in [3.63, 3.8) is 0 Å². The van der Waals surface area contributed by atoms with Crippen molar-refractivity contribution in [2.75, 3.05) is 13.7 Å². The van der Waals surface area contributed by atoms with Gasteiger partial charge in [-0.2, -0.15) is 0 Å². The van der Waals surface area contributed by atoms with Gasteiger partial charge >= 0.3 is 12.1 Å². The molecular weight excluding hydrogens is 317 g/mol. The minimum atomic E-state index is -1.33. The second kappa shape index (κ2) is 9.24. The molecule has 8 heteroatoms. The first-order valence-electron chi connectivity index (χ1n) is 7.60. The van der Waals surface area contributed by atoms with Gasteiger partial charge in [0.25, 0.3) is 0 Å². The lowest BCUT2D eigenvalue weighted by Crippen LogP contribution is -2.53. The maximum absolute atomic E-state index is 13.6. The number of nitrogens with one attached hydrogen (secondary N) is 1. The van der Waals surface area contributed by atoms with Crippen LogP contribution in [-0.4, -0.2) is 42.7 Å². The molecule has 0 rings (SSSR count). The minimum Gasteiger partial charge on any atom is -0.467 e. The molecular formula is C16H28FN3O4. The molecule has 0 fully saturated rings. The van der Waals surface area contributed by atoms with Gasteiger partial charge in [0.05, 0.1) is 19.5 Å². The third kappa shape index (κ3) is 9.12. The predicted octanol–water partition coefficient (Wildman–Crippen LogP) is 2.45. The molecule has 0 radical (unpaired) electrons. The van der Waals surface area contributed by atoms with Crippen LogP contribution in [0.1, 0.15) is 47.5 Å². The minimum absolute atomic E-state index is 0.137. The van der Waals surface area contributed by atoms with Crippen LogP contribution in [0.2, 0.25) is 0 Å². The molecule has 0 saturated carbocycles. The molecule has 24 heavy (non-hydrogen) atoms. The van der Waals surface area contributed by atoms with Gasteiger partial charge in [-0.15, -0.1) is 0 Å².